The van der Waals surface area contributed by atoms with Crippen LogP contribution in [-0.2, 0) is 9.53 Å². The van der Waals surface area contributed by atoms with Gasteiger partial charge < -0.3 is 9.72 Å². The lowest BCUT2D eigenvalue weighted by molar-refractivity contribution is -0.145. The van der Waals surface area contributed by atoms with E-state index in [9.17, 15) is 14.4 Å². The first kappa shape index (κ1) is 20.0. The van der Waals surface area contributed by atoms with E-state index < -0.39 is 12.1 Å². The number of hydrogen-bond donors (Lipinski definition) is 1. The van der Waals surface area contributed by atoms with Crippen LogP contribution in [0.25, 0.3) is 0 Å². The molecule has 0 radical (unpaired) electrons. The van der Waals surface area contributed by atoms with E-state index in [4.69, 9.17) is 4.74 Å². The zero-order chi connectivity index (χ0) is 19.3. The number of H-pyrrole nitrogens is 1. The van der Waals surface area contributed by atoms with E-state index in [0.29, 0.717) is 28.3 Å². The Labute approximate surface area is 157 Å². The van der Waals surface area contributed by atoms with Crippen LogP contribution in [0.2, 0.25) is 0 Å². The van der Waals surface area contributed by atoms with Gasteiger partial charge in [0.15, 0.2) is 11.9 Å². The van der Waals surface area contributed by atoms with E-state index in [1.807, 2.05) is 30.3 Å². The third-order valence-electron chi connectivity index (χ3n) is 4.03. The lowest BCUT2D eigenvalue weighted by Crippen LogP contribution is -2.25. The van der Waals surface area contributed by atoms with Crippen LogP contribution >= 0.6 is 11.8 Å². The molecule has 2 aromatic rings. The summed E-state index contributed by atoms with van der Waals surface area (Å²) in [5.41, 5.74) is 2.09. The van der Waals surface area contributed by atoms with Crippen LogP contribution in [0.5, 0.6) is 0 Å². The lowest BCUT2D eigenvalue weighted by atomic mass is 10.0. The molecule has 5 nitrogen and oxygen atoms in total. The number of aromatic amines is 1. The summed E-state index contributed by atoms with van der Waals surface area (Å²) in [7, 11) is 0. The summed E-state index contributed by atoms with van der Waals surface area (Å²) < 4.78 is 5.26. The van der Waals surface area contributed by atoms with Crippen LogP contribution in [0.15, 0.2) is 35.2 Å². The van der Waals surface area contributed by atoms with Crippen LogP contribution in [0, 0.1) is 13.8 Å². The Morgan fingerprint density at radius 3 is 2.38 bits per heavy atom. The molecule has 1 aromatic heterocycles. The Balaban J connectivity index is 1.91. The normalized spacial score (nSPS) is 11.8. The number of ether oxygens (including phenoxy) is 1. The van der Waals surface area contributed by atoms with Crippen LogP contribution in [0.1, 0.15) is 52.4 Å². The Morgan fingerprint density at radius 2 is 1.81 bits per heavy atom. The van der Waals surface area contributed by atoms with Crippen molar-refractivity contribution in [3.8, 4) is 0 Å². The maximum Gasteiger partial charge on any atom is 0.307 e. The van der Waals surface area contributed by atoms with Gasteiger partial charge >= 0.3 is 5.97 Å². The van der Waals surface area contributed by atoms with Crippen molar-refractivity contribution in [2.45, 2.75) is 45.1 Å². The van der Waals surface area contributed by atoms with Crippen molar-refractivity contribution in [2.75, 3.05) is 5.75 Å². The monoisotopic (exact) mass is 373 g/mol. The molecule has 0 saturated carbocycles. The van der Waals surface area contributed by atoms with Crippen molar-refractivity contribution in [1.29, 1.82) is 0 Å². The molecular weight excluding hydrogens is 350 g/mol. The third kappa shape index (κ3) is 4.85. The maximum atomic E-state index is 12.6. The number of hydrogen-bond acceptors (Lipinski definition) is 5. The van der Waals surface area contributed by atoms with Gasteiger partial charge in [-0.2, -0.15) is 0 Å². The van der Waals surface area contributed by atoms with Gasteiger partial charge in [-0.05, 0) is 45.4 Å². The number of esters is 1. The van der Waals surface area contributed by atoms with Gasteiger partial charge in [-0.25, -0.2) is 0 Å². The Morgan fingerprint density at radius 1 is 1.15 bits per heavy atom. The van der Waals surface area contributed by atoms with Gasteiger partial charge in [0.05, 0.1) is 12.1 Å². The van der Waals surface area contributed by atoms with Crippen LogP contribution in [0.3, 0.4) is 0 Å². The SMILES string of the molecule is CC(=O)c1c(C)[nH]c(C(=O)[C@@H](C)OC(=O)CCSc2ccccc2)c1C. The number of rotatable bonds is 8. The van der Waals surface area contributed by atoms with Crippen molar-refractivity contribution >= 4 is 29.3 Å². The second-order valence-corrected chi connectivity index (χ2v) is 7.26. The summed E-state index contributed by atoms with van der Waals surface area (Å²) in [6.45, 7) is 6.48. The molecule has 1 atom stereocenters. The molecule has 0 aliphatic rings. The van der Waals surface area contributed by atoms with Gasteiger partial charge in [-0.3, -0.25) is 14.4 Å². The molecule has 0 unspecified atom stereocenters. The standard InChI is InChI=1S/C20H23NO4S/c1-12-18(14(3)22)13(2)21-19(12)20(24)15(4)25-17(23)10-11-26-16-8-6-5-7-9-16/h5-9,15,21H,10-11H2,1-4H3/t15-/m1/s1. The average molecular weight is 373 g/mol. The number of nitrogens with one attached hydrogen (secondary N) is 1. The number of benzene rings is 1. The lowest BCUT2D eigenvalue weighted by Gasteiger charge is -2.12. The second-order valence-electron chi connectivity index (χ2n) is 6.09. The summed E-state index contributed by atoms with van der Waals surface area (Å²) in [5.74, 6) is -0.263. The maximum absolute atomic E-state index is 12.6. The molecule has 0 amide bonds. The average Bonchev–Trinajstić information content (AvgIpc) is 2.89. The highest BCUT2D eigenvalue weighted by Crippen LogP contribution is 2.21. The second kappa shape index (κ2) is 8.85. The van der Waals surface area contributed by atoms with Gasteiger partial charge in [0.1, 0.15) is 0 Å². The van der Waals surface area contributed by atoms with E-state index in [-0.39, 0.29) is 18.0 Å². The molecule has 0 bridgehead atoms. The Kier molecular flexibility index (Phi) is 6.80. The van der Waals surface area contributed by atoms with E-state index in [1.165, 1.54) is 6.92 Å². The van der Waals surface area contributed by atoms with Crippen LogP contribution in [-0.4, -0.2) is 34.4 Å². The van der Waals surface area contributed by atoms with Crippen LogP contribution < -0.4 is 0 Å². The minimum atomic E-state index is -0.902. The van der Waals surface area contributed by atoms with Crippen LogP contribution in [0.4, 0.5) is 0 Å². The highest BCUT2D eigenvalue weighted by molar-refractivity contribution is 7.99. The quantitative estimate of drug-likeness (QED) is 0.428. The smallest absolute Gasteiger partial charge is 0.307 e. The predicted molar refractivity (Wildman–Crippen MR) is 102 cm³/mol. The number of Topliss-reactive ketones (excluding diaryl/α,β-unsaturated/α-hetero) is 2. The minimum absolute atomic E-state index is 0.0992. The van der Waals surface area contributed by atoms with Gasteiger partial charge in [0.2, 0.25) is 5.78 Å². The Bertz CT molecular complexity index is 811. The van der Waals surface area contributed by atoms with Gasteiger partial charge in [0.25, 0.3) is 0 Å². The van der Waals surface area contributed by atoms with Crippen molar-refractivity contribution in [1.82, 2.24) is 4.98 Å². The van der Waals surface area contributed by atoms with E-state index in [2.05, 4.69) is 4.98 Å². The molecule has 2 rings (SSSR count). The van der Waals surface area contributed by atoms with Crippen molar-refractivity contribution in [2.24, 2.45) is 0 Å². The largest absolute Gasteiger partial charge is 0.454 e. The topological polar surface area (TPSA) is 76.2 Å². The molecule has 1 N–H and O–H groups in total. The molecule has 0 spiro atoms. The number of carbonyl (C=O) groups is 3. The number of thioether (sulfide) groups is 1. The highest BCUT2D eigenvalue weighted by atomic mass is 32.2. The fourth-order valence-corrected chi connectivity index (χ4v) is 3.66. The van der Waals surface area contributed by atoms with Crippen molar-refractivity contribution in [3.05, 3.63) is 52.8 Å². The third-order valence-corrected chi connectivity index (χ3v) is 5.05. The van der Waals surface area contributed by atoms with E-state index >= 15 is 0 Å². The van der Waals surface area contributed by atoms with Gasteiger partial charge in [-0.1, -0.05) is 18.2 Å². The summed E-state index contributed by atoms with van der Waals surface area (Å²) >= 11 is 1.56. The molecule has 0 aliphatic heterocycles. The number of aryl methyl sites for hydroxylation is 1. The number of carbonyl (C=O) groups excluding carboxylic acids is 3. The predicted octanol–water partition coefficient (Wildman–Crippen LogP) is 4.13. The minimum Gasteiger partial charge on any atom is -0.454 e. The van der Waals surface area contributed by atoms with Crippen molar-refractivity contribution < 1.29 is 19.1 Å². The molecule has 138 valence electrons. The first-order valence-corrected chi connectivity index (χ1v) is 9.41. The number of aromatic nitrogens is 1. The summed E-state index contributed by atoms with van der Waals surface area (Å²) in [4.78, 5) is 40.3. The van der Waals surface area contributed by atoms with E-state index in [0.717, 1.165) is 4.90 Å². The molecule has 1 aromatic carbocycles. The first-order valence-electron chi connectivity index (χ1n) is 8.43. The summed E-state index contributed by atoms with van der Waals surface area (Å²) in [6, 6.07) is 9.78. The molecule has 6 heteroatoms. The molecule has 0 aliphatic carbocycles. The first-order chi connectivity index (χ1) is 12.3. The van der Waals surface area contributed by atoms with Gasteiger partial charge in [-0.15, -0.1) is 11.8 Å². The van der Waals surface area contributed by atoms with Gasteiger partial charge in [0, 0.05) is 21.9 Å². The highest BCUT2D eigenvalue weighted by Gasteiger charge is 2.25. The number of ketones is 2. The van der Waals surface area contributed by atoms with E-state index in [1.54, 1.807) is 32.5 Å². The zero-order valence-electron chi connectivity index (χ0n) is 15.4. The molecular formula is C20H23NO4S. The Hall–Kier alpha value is -2.34. The summed E-state index contributed by atoms with van der Waals surface area (Å²) in [5, 5.41) is 0. The molecule has 26 heavy (non-hydrogen) atoms. The fraction of sp³-hybridized carbons (Fsp3) is 0.350. The molecule has 0 saturated heterocycles. The zero-order valence-corrected chi connectivity index (χ0v) is 16.2. The molecule has 0 fully saturated rings. The fourth-order valence-electron chi connectivity index (χ4n) is 2.81. The molecule has 1 heterocycles. The van der Waals surface area contributed by atoms with Crippen molar-refractivity contribution in [3.63, 3.8) is 0 Å². The summed E-state index contributed by atoms with van der Waals surface area (Å²) in [6.07, 6.45) is -0.681.